The fraction of sp³-hybridized carbons (Fsp3) is 0.261. The van der Waals surface area contributed by atoms with Gasteiger partial charge in [0.25, 0.3) is 5.88 Å². The number of halogens is 1. The molecule has 154 valence electrons. The zero-order valence-electron chi connectivity index (χ0n) is 16.5. The van der Waals surface area contributed by atoms with Crippen LogP contribution in [0.4, 0.5) is 5.82 Å². The second kappa shape index (κ2) is 9.71. The van der Waals surface area contributed by atoms with Crippen LogP contribution in [0.2, 0.25) is 0 Å². The van der Waals surface area contributed by atoms with E-state index in [-0.39, 0.29) is 11.8 Å². The van der Waals surface area contributed by atoms with Crippen LogP contribution in [0.5, 0.6) is 11.6 Å². The number of nitrogens with zero attached hydrogens (tertiary/aromatic N) is 3. The molecule has 0 unspecified atom stereocenters. The van der Waals surface area contributed by atoms with Crippen molar-refractivity contribution in [1.29, 1.82) is 0 Å². The maximum atomic E-state index is 12.8. The Balaban J connectivity index is 1.42. The first kappa shape index (κ1) is 20.3. The van der Waals surface area contributed by atoms with E-state index >= 15 is 0 Å². The van der Waals surface area contributed by atoms with Crippen LogP contribution in [-0.4, -0.2) is 29.0 Å². The Morgan fingerprint density at radius 3 is 2.80 bits per heavy atom. The van der Waals surface area contributed by atoms with E-state index in [1.165, 1.54) is 0 Å². The van der Waals surface area contributed by atoms with Crippen LogP contribution in [0.3, 0.4) is 0 Å². The van der Waals surface area contributed by atoms with E-state index in [0.29, 0.717) is 30.5 Å². The Morgan fingerprint density at radius 1 is 1.13 bits per heavy atom. The summed E-state index contributed by atoms with van der Waals surface area (Å²) in [4.78, 5) is 23.8. The lowest BCUT2D eigenvalue weighted by molar-refractivity contribution is -0.125. The Labute approximate surface area is 184 Å². The summed E-state index contributed by atoms with van der Waals surface area (Å²) in [6.07, 6.45) is 5.05. The van der Waals surface area contributed by atoms with Gasteiger partial charge < -0.3 is 15.0 Å². The standard InChI is InChI=1S/C23H23BrN4O2/c24-19-8-4-6-17(14-19)15-27-22(29)18-7-5-13-28(16-18)21-23(26-12-11-25-21)30-20-9-2-1-3-10-20/h1-4,6,8-12,14,18H,5,7,13,15-16H2,(H,27,29)/t18-/m1/s1. The maximum absolute atomic E-state index is 12.8. The minimum Gasteiger partial charge on any atom is -0.436 e. The third-order valence-electron chi connectivity index (χ3n) is 5.05. The molecule has 1 N–H and O–H groups in total. The van der Waals surface area contributed by atoms with Crippen LogP contribution in [-0.2, 0) is 11.3 Å². The van der Waals surface area contributed by atoms with Crippen LogP contribution in [0.1, 0.15) is 18.4 Å². The largest absolute Gasteiger partial charge is 0.436 e. The smallest absolute Gasteiger partial charge is 0.263 e. The highest BCUT2D eigenvalue weighted by atomic mass is 79.9. The molecule has 1 saturated heterocycles. The van der Waals surface area contributed by atoms with E-state index in [4.69, 9.17) is 4.74 Å². The van der Waals surface area contributed by atoms with Crippen molar-refractivity contribution in [3.8, 4) is 11.6 Å². The van der Waals surface area contributed by atoms with Gasteiger partial charge in [0.1, 0.15) is 5.75 Å². The zero-order chi connectivity index (χ0) is 20.8. The molecule has 7 heteroatoms. The molecule has 1 aromatic heterocycles. The monoisotopic (exact) mass is 466 g/mol. The molecule has 4 rings (SSSR count). The van der Waals surface area contributed by atoms with Gasteiger partial charge in [-0.2, -0.15) is 0 Å². The Morgan fingerprint density at radius 2 is 1.97 bits per heavy atom. The van der Waals surface area contributed by atoms with Gasteiger partial charge in [0.2, 0.25) is 5.91 Å². The minimum absolute atomic E-state index is 0.0640. The first-order valence-electron chi connectivity index (χ1n) is 10.00. The first-order chi connectivity index (χ1) is 14.7. The Kier molecular flexibility index (Phi) is 6.59. The molecule has 2 aromatic carbocycles. The van der Waals surface area contributed by atoms with Gasteiger partial charge in [0, 0.05) is 36.5 Å². The lowest BCUT2D eigenvalue weighted by Crippen LogP contribution is -2.43. The maximum Gasteiger partial charge on any atom is 0.263 e. The van der Waals surface area contributed by atoms with E-state index in [0.717, 1.165) is 29.4 Å². The third kappa shape index (κ3) is 5.16. The molecule has 0 bridgehead atoms. The summed E-state index contributed by atoms with van der Waals surface area (Å²) < 4.78 is 6.96. The molecular weight excluding hydrogens is 444 g/mol. The van der Waals surface area contributed by atoms with Gasteiger partial charge >= 0.3 is 0 Å². The minimum atomic E-state index is -0.0996. The van der Waals surface area contributed by atoms with Crippen molar-refractivity contribution in [2.24, 2.45) is 5.92 Å². The Bertz CT molecular complexity index is 999. The molecule has 6 nitrogen and oxygen atoms in total. The second-order valence-electron chi connectivity index (χ2n) is 7.23. The van der Waals surface area contributed by atoms with Crippen LogP contribution in [0.15, 0.2) is 71.5 Å². The molecule has 1 aliphatic heterocycles. The van der Waals surface area contributed by atoms with Gasteiger partial charge in [0.05, 0.1) is 5.92 Å². The van der Waals surface area contributed by atoms with Crippen LogP contribution < -0.4 is 15.0 Å². The predicted octanol–water partition coefficient (Wildman–Crippen LogP) is 4.56. The third-order valence-corrected chi connectivity index (χ3v) is 5.55. The molecule has 1 atom stereocenters. The van der Waals surface area contributed by atoms with Gasteiger partial charge in [-0.15, -0.1) is 0 Å². The summed E-state index contributed by atoms with van der Waals surface area (Å²) in [6, 6.07) is 17.5. The molecule has 1 aliphatic rings. The van der Waals surface area contributed by atoms with Gasteiger partial charge in [-0.25, -0.2) is 9.97 Å². The van der Waals surface area contributed by atoms with Crippen molar-refractivity contribution < 1.29 is 9.53 Å². The molecule has 30 heavy (non-hydrogen) atoms. The summed E-state index contributed by atoms with van der Waals surface area (Å²) >= 11 is 3.47. The van der Waals surface area contributed by atoms with Crippen molar-refractivity contribution in [3.63, 3.8) is 0 Å². The van der Waals surface area contributed by atoms with E-state index in [2.05, 4.69) is 36.1 Å². The number of ether oxygens (including phenoxy) is 1. The van der Waals surface area contributed by atoms with Gasteiger partial charge in [-0.3, -0.25) is 4.79 Å². The number of piperidine rings is 1. The average molecular weight is 467 g/mol. The number of anilines is 1. The quantitative estimate of drug-likeness (QED) is 0.576. The van der Waals surface area contributed by atoms with Crippen molar-refractivity contribution in [1.82, 2.24) is 15.3 Å². The summed E-state index contributed by atoms with van der Waals surface area (Å²) in [5.74, 6) is 1.80. The zero-order valence-corrected chi connectivity index (χ0v) is 18.1. The molecule has 0 spiro atoms. The summed E-state index contributed by atoms with van der Waals surface area (Å²) in [5, 5.41) is 3.07. The number of para-hydroxylation sites is 1. The number of carbonyl (C=O) groups is 1. The van der Waals surface area contributed by atoms with Crippen molar-refractivity contribution >= 4 is 27.7 Å². The molecule has 0 aliphatic carbocycles. The first-order valence-corrected chi connectivity index (χ1v) is 10.8. The van der Waals surface area contributed by atoms with E-state index < -0.39 is 0 Å². The van der Waals surface area contributed by atoms with Crippen molar-refractivity contribution in [2.45, 2.75) is 19.4 Å². The van der Waals surface area contributed by atoms with Crippen molar-refractivity contribution in [3.05, 3.63) is 77.0 Å². The molecule has 1 fully saturated rings. The Hall–Kier alpha value is -2.93. The number of benzene rings is 2. The van der Waals surface area contributed by atoms with Crippen molar-refractivity contribution in [2.75, 3.05) is 18.0 Å². The SMILES string of the molecule is O=C(NCc1cccc(Br)c1)[C@@H]1CCCN(c2nccnc2Oc2ccccc2)C1. The molecule has 3 aromatic rings. The number of hydrogen-bond acceptors (Lipinski definition) is 5. The van der Waals surface area contributed by atoms with Gasteiger partial charge in [-0.05, 0) is 42.7 Å². The van der Waals surface area contributed by atoms with Crippen LogP contribution in [0, 0.1) is 5.92 Å². The van der Waals surface area contributed by atoms with Crippen LogP contribution in [0.25, 0.3) is 0 Å². The van der Waals surface area contributed by atoms with E-state index in [1.54, 1.807) is 12.4 Å². The fourth-order valence-electron chi connectivity index (χ4n) is 3.57. The number of rotatable bonds is 6. The van der Waals surface area contributed by atoms with Crippen LogP contribution >= 0.6 is 15.9 Å². The molecule has 0 saturated carbocycles. The second-order valence-corrected chi connectivity index (χ2v) is 8.15. The number of amides is 1. The molecular formula is C23H23BrN4O2. The average Bonchev–Trinajstić information content (AvgIpc) is 2.79. The number of hydrogen-bond donors (Lipinski definition) is 1. The number of aromatic nitrogens is 2. The molecule has 0 radical (unpaired) electrons. The summed E-state index contributed by atoms with van der Waals surface area (Å²) in [7, 11) is 0. The summed E-state index contributed by atoms with van der Waals surface area (Å²) in [6.45, 7) is 1.93. The highest BCUT2D eigenvalue weighted by Gasteiger charge is 2.28. The highest BCUT2D eigenvalue weighted by Crippen LogP contribution is 2.31. The fourth-order valence-corrected chi connectivity index (χ4v) is 4.02. The summed E-state index contributed by atoms with van der Waals surface area (Å²) in [5.41, 5.74) is 1.07. The molecule has 2 heterocycles. The highest BCUT2D eigenvalue weighted by molar-refractivity contribution is 9.10. The lowest BCUT2D eigenvalue weighted by atomic mass is 9.97. The lowest BCUT2D eigenvalue weighted by Gasteiger charge is -2.33. The normalized spacial score (nSPS) is 16.2. The van der Waals surface area contributed by atoms with E-state index in [9.17, 15) is 4.79 Å². The molecule has 1 amide bonds. The van der Waals surface area contributed by atoms with Gasteiger partial charge in [0.15, 0.2) is 5.82 Å². The number of nitrogens with one attached hydrogen (secondary N) is 1. The van der Waals surface area contributed by atoms with Gasteiger partial charge in [-0.1, -0.05) is 46.3 Å². The number of carbonyl (C=O) groups excluding carboxylic acids is 1. The van der Waals surface area contributed by atoms with E-state index in [1.807, 2.05) is 54.6 Å². The topological polar surface area (TPSA) is 67.4 Å². The predicted molar refractivity (Wildman–Crippen MR) is 119 cm³/mol.